The summed E-state index contributed by atoms with van der Waals surface area (Å²) in [4.78, 5) is 2.39. The van der Waals surface area contributed by atoms with Gasteiger partial charge < -0.3 is 14.7 Å². The van der Waals surface area contributed by atoms with Gasteiger partial charge >= 0.3 is 0 Å². The Balaban J connectivity index is 1.85. The van der Waals surface area contributed by atoms with Crippen LogP contribution in [-0.4, -0.2) is 57.8 Å². The molecule has 1 aliphatic rings. The van der Waals surface area contributed by atoms with Crippen LogP contribution in [0.1, 0.15) is 12.8 Å². The van der Waals surface area contributed by atoms with E-state index in [0.717, 1.165) is 0 Å². The molecule has 0 aliphatic heterocycles. The number of ether oxygens (including phenoxy) is 1. The zero-order chi connectivity index (χ0) is 15.3. The average Bonchev–Trinajstić information content (AvgIpc) is 3.30. The van der Waals surface area contributed by atoms with E-state index in [1.54, 1.807) is 12.1 Å². The summed E-state index contributed by atoms with van der Waals surface area (Å²) in [7, 11) is -1.47. The minimum absolute atomic E-state index is 0.0733. The molecule has 0 atom stereocenters. The molecule has 1 aromatic carbocycles. The number of aliphatic hydroxyl groups is 1. The molecule has 2 N–H and O–H groups in total. The topological polar surface area (TPSA) is 78.9 Å². The molecule has 0 heterocycles. The van der Waals surface area contributed by atoms with Crippen LogP contribution >= 0.6 is 0 Å². The number of hydrogen-bond donors (Lipinski definition) is 2. The Labute approximate surface area is 125 Å². The maximum absolute atomic E-state index is 12.1. The van der Waals surface area contributed by atoms with Gasteiger partial charge in [-0.15, -0.1) is 0 Å². The lowest BCUT2D eigenvalue weighted by atomic mass is 10.3. The summed E-state index contributed by atoms with van der Waals surface area (Å²) in [6.07, 6.45) is 2.41. The van der Waals surface area contributed by atoms with E-state index in [0.29, 0.717) is 24.9 Å². The van der Waals surface area contributed by atoms with Gasteiger partial charge in [0.15, 0.2) is 0 Å². The van der Waals surface area contributed by atoms with Crippen LogP contribution in [0.2, 0.25) is 0 Å². The number of aliphatic hydroxyl groups excluding tert-OH is 1. The van der Waals surface area contributed by atoms with Crippen LogP contribution in [0.15, 0.2) is 29.2 Å². The normalized spacial score (nSPS) is 15.4. The van der Waals surface area contributed by atoms with Crippen LogP contribution in [0.5, 0.6) is 5.75 Å². The van der Waals surface area contributed by atoms with Crippen LogP contribution in [-0.2, 0) is 10.0 Å². The molecular formula is C14H22N2O4S. The second-order valence-electron chi connectivity index (χ2n) is 5.15. The molecule has 0 aromatic heterocycles. The molecule has 1 fully saturated rings. The number of rotatable bonds is 9. The van der Waals surface area contributed by atoms with Crippen LogP contribution < -0.4 is 9.46 Å². The van der Waals surface area contributed by atoms with Gasteiger partial charge in [0.1, 0.15) is 12.4 Å². The van der Waals surface area contributed by atoms with Gasteiger partial charge in [-0.25, -0.2) is 13.1 Å². The van der Waals surface area contributed by atoms with Crippen molar-refractivity contribution in [2.24, 2.45) is 0 Å². The Hall–Kier alpha value is -1.15. The molecule has 0 spiro atoms. The SMILES string of the molecule is CN(CCNS(=O)(=O)c1ccc(OCCO)cc1)C1CC1. The summed E-state index contributed by atoms with van der Waals surface area (Å²) in [5, 5.41) is 8.66. The summed E-state index contributed by atoms with van der Waals surface area (Å²) in [5.74, 6) is 0.538. The Morgan fingerprint density at radius 2 is 2.00 bits per heavy atom. The second kappa shape index (κ2) is 7.22. The Bertz CT molecular complexity index is 541. The van der Waals surface area contributed by atoms with Crippen molar-refractivity contribution in [3.8, 4) is 5.75 Å². The standard InChI is InChI=1S/C14H22N2O4S/c1-16(12-2-3-12)9-8-15-21(18,19)14-6-4-13(5-7-14)20-11-10-17/h4-7,12,15,17H,2-3,8-11H2,1H3. The number of nitrogens with one attached hydrogen (secondary N) is 1. The summed E-state index contributed by atoms with van der Waals surface area (Å²) in [6.45, 7) is 1.23. The minimum Gasteiger partial charge on any atom is -0.491 e. The van der Waals surface area contributed by atoms with Gasteiger partial charge in [-0.2, -0.15) is 0 Å². The van der Waals surface area contributed by atoms with Crippen LogP contribution in [0.4, 0.5) is 0 Å². The third-order valence-electron chi connectivity index (χ3n) is 3.42. The van der Waals surface area contributed by atoms with Crippen LogP contribution in [0.3, 0.4) is 0 Å². The van der Waals surface area contributed by atoms with Gasteiger partial charge in [0.2, 0.25) is 10.0 Å². The zero-order valence-electron chi connectivity index (χ0n) is 12.2. The fraction of sp³-hybridized carbons (Fsp3) is 0.571. The van der Waals surface area contributed by atoms with Crippen LogP contribution in [0, 0.1) is 0 Å². The van der Waals surface area contributed by atoms with Gasteiger partial charge in [-0.1, -0.05) is 0 Å². The molecule has 118 valence electrons. The largest absolute Gasteiger partial charge is 0.491 e. The smallest absolute Gasteiger partial charge is 0.240 e. The van der Waals surface area contributed by atoms with E-state index in [9.17, 15) is 8.42 Å². The highest BCUT2D eigenvalue weighted by Crippen LogP contribution is 2.24. The molecule has 0 radical (unpaired) electrons. The van der Waals surface area contributed by atoms with Gasteiger partial charge in [0.25, 0.3) is 0 Å². The maximum Gasteiger partial charge on any atom is 0.240 e. The zero-order valence-corrected chi connectivity index (χ0v) is 13.0. The predicted molar refractivity (Wildman–Crippen MR) is 79.9 cm³/mol. The molecule has 0 amide bonds. The molecule has 21 heavy (non-hydrogen) atoms. The van der Waals surface area contributed by atoms with E-state index in [-0.39, 0.29) is 18.1 Å². The van der Waals surface area contributed by atoms with Gasteiger partial charge in [-0.05, 0) is 44.2 Å². The Morgan fingerprint density at radius 1 is 1.33 bits per heavy atom. The summed E-state index contributed by atoms with van der Waals surface area (Å²) in [6, 6.07) is 6.79. The number of likely N-dealkylation sites (N-methyl/N-ethyl adjacent to an activating group) is 1. The Kier molecular flexibility index (Phi) is 5.58. The molecule has 2 rings (SSSR count). The fourth-order valence-corrected chi connectivity index (χ4v) is 3.04. The van der Waals surface area contributed by atoms with Crippen molar-refractivity contribution in [3.05, 3.63) is 24.3 Å². The van der Waals surface area contributed by atoms with Crippen molar-refractivity contribution in [1.82, 2.24) is 9.62 Å². The van der Waals surface area contributed by atoms with Gasteiger partial charge in [-0.3, -0.25) is 0 Å². The average molecular weight is 314 g/mol. The van der Waals surface area contributed by atoms with Gasteiger partial charge in [0.05, 0.1) is 11.5 Å². The molecule has 7 heteroatoms. The van der Waals surface area contributed by atoms with Crippen LogP contribution in [0.25, 0.3) is 0 Å². The molecular weight excluding hydrogens is 292 g/mol. The first-order valence-corrected chi connectivity index (χ1v) is 8.55. The quantitative estimate of drug-likeness (QED) is 0.691. The van der Waals surface area contributed by atoms with E-state index < -0.39 is 10.0 Å². The lowest BCUT2D eigenvalue weighted by molar-refractivity contribution is 0.201. The molecule has 1 aliphatic carbocycles. The van der Waals surface area contributed by atoms with E-state index in [2.05, 4.69) is 9.62 Å². The monoisotopic (exact) mass is 314 g/mol. The van der Waals surface area contributed by atoms with E-state index in [1.807, 2.05) is 7.05 Å². The lowest BCUT2D eigenvalue weighted by Gasteiger charge is -2.15. The number of hydrogen-bond acceptors (Lipinski definition) is 5. The molecule has 1 aromatic rings. The Morgan fingerprint density at radius 3 is 2.57 bits per heavy atom. The third kappa shape index (κ3) is 4.96. The van der Waals surface area contributed by atoms with Crippen molar-refractivity contribution in [2.75, 3.05) is 33.4 Å². The minimum atomic E-state index is -3.48. The predicted octanol–water partition coefficient (Wildman–Crippen LogP) is 0.430. The number of sulfonamides is 1. The molecule has 1 saturated carbocycles. The highest BCUT2D eigenvalue weighted by Gasteiger charge is 2.25. The van der Waals surface area contributed by atoms with E-state index in [1.165, 1.54) is 25.0 Å². The number of nitrogens with zero attached hydrogens (tertiary/aromatic N) is 1. The summed E-state index contributed by atoms with van der Waals surface area (Å²) < 4.78 is 32.0. The summed E-state index contributed by atoms with van der Waals surface area (Å²) >= 11 is 0. The lowest BCUT2D eigenvalue weighted by Crippen LogP contribution is -2.33. The van der Waals surface area contributed by atoms with E-state index in [4.69, 9.17) is 9.84 Å². The first-order valence-electron chi connectivity index (χ1n) is 7.06. The highest BCUT2D eigenvalue weighted by atomic mass is 32.2. The first-order chi connectivity index (χ1) is 10.0. The second-order valence-corrected chi connectivity index (χ2v) is 6.92. The van der Waals surface area contributed by atoms with Gasteiger partial charge in [0, 0.05) is 19.1 Å². The number of benzene rings is 1. The third-order valence-corrected chi connectivity index (χ3v) is 4.90. The first kappa shape index (κ1) is 16.2. The molecule has 0 unspecified atom stereocenters. The molecule has 6 nitrogen and oxygen atoms in total. The van der Waals surface area contributed by atoms with Crippen molar-refractivity contribution < 1.29 is 18.3 Å². The van der Waals surface area contributed by atoms with Crippen molar-refractivity contribution >= 4 is 10.0 Å². The van der Waals surface area contributed by atoms with Crippen molar-refractivity contribution in [2.45, 2.75) is 23.8 Å². The van der Waals surface area contributed by atoms with Crippen molar-refractivity contribution in [3.63, 3.8) is 0 Å². The molecule has 0 saturated heterocycles. The molecule has 0 bridgehead atoms. The highest BCUT2D eigenvalue weighted by molar-refractivity contribution is 7.89. The fourth-order valence-electron chi connectivity index (χ4n) is 2.02. The van der Waals surface area contributed by atoms with Crippen molar-refractivity contribution in [1.29, 1.82) is 0 Å². The van der Waals surface area contributed by atoms with E-state index >= 15 is 0 Å². The maximum atomic E-state index is 12.1. The summed E-state index contributed by atoms with van der Waals surface area (Å²) in [5.41, 5.74) is 0.